The van der Waals surface area contributed by atoms with Gasteiger partial charge in [0.2, 0.25) is 5.91 Å². The Balaban J connectivity index is 2.03. The summed E-state index contributed by atoms with van der Waals surface area (Å²) in [6, 6.07) is 5.14. The van der Waals surface area contributed by atoms with Gasteiger partial charge in [-0.05, 0) is 37.5 Å². The van der Waals surface area contributed by atoms with Crippen molar-refractivity contribution in [3.8, 4) is 0 Å². The van der Waals surface area contributed by atoms with E-state index in [-0.39, 0.29) is 17.9 Å². The Hall–Kier alpha value is -0.770. The first-order valence-electron chi connectivity index (χ1n) is 5.57. The maximum atomic E-state index is 11.9. The third kappa shape index (κ3) is 3.35. The number of nitrogens with two attached hydrogens (primary N) is 1. The van der Waals surface area contributed by atoms with Crippen LogP contribution in [-0.2, 0) is 4.79 Å². The zero-order valence-electron chi connectivity index (χ0n) is 9.25. The number of halogens is 2. The Bertz CT molecular complexity index is 416. The van der Waals surface area contributed by atoms with E-state index in [4.69, 9.17) is 28.9 Å². The quantitative estimate of drug-likeness (QED) is 0.870. The highest BCUT2D eigenvalue weighted by Crippen LogP contribution is 2.27. The van der Waals surface area contributed by atoms with Crippen LogP contribution in [0.1, 0.15) is 19.3 Å². The minimum Gasteiger partial charge on any atom is -0.328 e. The SMILES string of the molecule is NC1CCC(C(=O)Nc2cc(Cl)cc(Cl)c2)C1. The van der Waals surface area contributed by atoms with Crippen LogP contribution in [-0.4, -0.2) is 11.9 Å². The molecule has 1 aliphatic rings. The van der Waals surface area contributed by atoms with E-state index in [2.05, 4.69) is 5.32 Å². The molecule has 1 fully saturated rings. The molecule has 2 atom stereocenters. The molecule has 5 heteroatoms. The molecular formula is C12H14Cl2N2O. The number of hydrogen-bond acceptors (Lipinski definition) is 2. The van der Waals surface area contributed by atoms with Gasteiger partial charge in [0.1, 0.15) is 0 Å². The topological polar surface area (TPSA) is 55.1 Å². The molecule has 1 amide bonds. The standard InChI is InChI=1S/C12H14Cl2N2O/c13-8-4-9(14)6-11(5-8)16-12(17)7-1-2-10(15)3-7/h4-7,10H,1-3,15H2,(H,16,17). The van der Waals surface area contributed by atoms with Crippen molar-refractivity contribution in [1.82, 2.24) is 0 Å². The van der Waals surface area contributed by atoms with Gasteiger partial charge in [-0.2, -0.15) is 0 Å². The van der Waals surface area contributed by atoms with Gasteiger partial charge < -0.3 is 11.1 Å². The van der Waals surface area contributed by atoms with E-state index in [1.54, 1.807) is 18.2 Å². The van der Waals surface area contributed by atoms with Gasteiger partial charge in [-0.25, -0.2) is 0 Å². The molecule has 0 radical (unpaired) electrons. The average molecular weight is 273 g/mol. The molecule has 0 aliphatic heterocycles. The van der Waals surface area contributed by atoms with Crippen molar-refractivity contribution >= 4 is 34.8 Å². The zero-order chi connectivity index (χ0) is 12.4. The zero-order valence-corrected chi connectivity index (χ0v) is 10.8. The molecule has 0 heterocycles. The van der Waals surface area contributed by atoms with E-state index in [1.807, 2.05) is 0 Å². The highest BCUT2D eigenvalue weighted by molar-refractivity contribution is 6.35. The number of benzene rings is 1. The van der Waals surface area contributed by atoms with Crippen LogP contribution in [0, 0.1) is 5.92 Å². The maximum Gasteiger partial charge on any atom is 0.227 e. The summed E-state index contributed by atoms with van der Waals surface area (Å²) < 4.78 is 0. The average Bonchev–Trinajstić information content (AvgIpc) is 2.63. The summed E-state index contributed by atoms with van der Waals surface area (Å²) in [7, 11) is 0. The maximum absolute atomic E-state index is 11.9. The fourth-order valence-corrected chi connectivity index (χ4v) is 2.65. The van der Waals surface area contributed by atoms with Gasteiger partial charge in [-0.3, -0.25) is 4.79 Å². The third-order valence-corrected chi connectivity index (χ3v) is 3.41. The molecule has 1 aromatic rings. The number of anilines is 1. The largest absolute Gasteiger partial charge is 0.328 e. The molecule has 3 nitrogen and oxygen atoms in total. The molecule has 3 N–H and O–H groups in total. The van der Waals surface area contributed by atoms with Gasteiger partial charge in [-0.15, -0.1) is 0 Å². The molecule has 1 aromatic carbocycles. The fourth-order valence-electron chi connectivity index (χ4n) is 2.12. The van der Waals surface area contributed by atoms with Gasteiger partial charge in [0.05, 0.1) is 0 Å². The minimum absolute atomic E-state index is 0.00255. The lowest BCUT2D eigenvalue weighted by atomic mass is 10.1. The number of amides is 1. The molecule has 2 rings (SSSR count). The highest BCUT2D eigenvalue weighted by Gasteiger charge is 2.27. The Morgan fingerprint density at radius 1 is 1.24 bits per heavy atom. The van der Waals surface area contributed by atoms with Crippen LogP contribution in [0.3, 0.4) is 0 Å². The minimum atomic E-state index is -0.00344. The second-order valence-corrected chi connectivity index (χ2v) is 5.29. The van der Waals surface area contributed by atoms with Crippen LogP contribution >= 0.6 is 23.2 Å². The summed E-state index contributed by atoms with van der Waals surface area (Å²) in [5.74, 6) is -0.000888. The van der Waals surface area contributed by atoms with E-state index >= 15 is 0 Å². The van der Waals surface area contributed by atoms with E-state index in [1.165, 1.54) is 0 Å². The molecule has 0 saturated heterocycles. The molecule has 92 valence electrons. The number of nitrogens with one attached hydrogen (secondary N) is 1. The molecular weight excluding hydrogens is 259 g/mol. The number of rotatable bonds is 2. The van der Waals surface area contributed by atoms with Crippen molar-refractivity contribution < 1.29 is 4.79 Å². The Kier molecular flexibility index (Phi) is 3.92. The van der Waals surface area contributed by atoms with Gasteiger partial charge in [0, 0.05) is 27.7 Å². The van der Waals surface area contributed by atoms with E-state index in [9.17, 15) is 4.79 Å². The van der Waals surface area contributed by atoms with Gasteiger partial charge in [0.15, 0.2) is 0 Å². The van der Waals surface area contributed by atoms with Gasteiger partial charge >= 0.3 is 0 Å². The van der Waals surface area contributed by atoms with Crippen LogP contribution in [0.4, 0.5) is 5.69 Å². The van der Waals surface area contributed by atoms with Crippen LogP contribution < -0.4 is 11.1 Å². The van der Waals surface area contributed by atoms with Crippen molar-refractivity contribution in [3.63, 3.8) is 0 Å². The fraction of sp³-hybridized carbons (Fsp3) is 0.417. The lowest BCUT2D eigenvalue weighted by Gasteiger charge is -2.11. The predicted octanol–water partition coefficient (Wildman–Crippen LogP) is 3.06. The van der Waals surface area contributed by atoms with Crippen molar-refractivity contribution in [2.24, 2.45) is 11.7 Å². The summed E-state index contributed by atoms with van der Waals surface area (Å²) in [6.07, 6.45) is 2.51. The van der Waals surface area contributed by atoms with Crippen LogP contribution in [0.2, 0.25) is 10.0 Å². The molecule has 0 aromatic heterocycles. The number of carbonyl (C=O) groups is 1. The van der Waals surface area contributed by atoms with Crippen LogP contribution in [0.5, 0.6) is 0 Å². The molecule has 1 aliphatic carbocycles. The summed E-state index contributed by atoms with van der Waals surface area (Å²) in [4.78, 5) is 11.9. The lowest BCUT2D eigenvalue weighted by Crippen LogP contribution is -2.23. The van der Waals surface area contributed by atoms with E-state index in [0.29, 0.717) is 15.7 Å². The third-order valence-electron chi connectivity index (χ3n) is 2.97. The first-order valence-corrected chi connectivity index (χ1v) is 6.33. The summed E-state index contributed by atoms with van der Waals surface area (Å²) in [5, 5.41) is 3.84. The Labute approximate surface area is 110 Å². The number of carbonyl (C=O) groups excluding carboxylic acids is 1. The first-order chi connectivity index (χ1) is 8.04. The summed E-state index contributed by atoms with van der Waals surface area (Å²) in [6.45, 7) is 0. The molecule has 1 saturated carbocycles. The second kappa shape index (κ2) is 5.25. The first kappa shape index (κ1) is 12.7. The number of hydrogen-bond donors (Lipinski definition) is 2. The second-order valence-electron chi connectivity index (χ2n) is 4.42. The Morgan fingerprint density at radius 2 is 1.88 bits per heavy atom. The molecule has 0 bridgehead atoms. The monoisotopic (exact) mass is 272 g/mol. The summed E-state index contributed by atoms with van der Waals surface area (Å²) >= 11 is 11.7. The van der Waals surface area contributed by atoms with Crippen LogP contribution in [0.15, 0.2) is 18.2 Å². The van der Waals surface area contributed by atoms with Crippen molar-refractivity contribution in [2.75, 3.05) is 5.32 Å². The normalized spacial score (nSPS) is 23.7. The van der Waals surface area contributed by atoms with Crippen molar-refractivity contribution in [1.29, 1.82) is 0 Å². The lowest BCUT2D eigenvalue weighted by molar-refractivity contribution is -0.119. The highest BCUT2D eigenvalue weighted by atomic mass is 35.5. The van der Waals surface area contributed by atoms with Crippen molar-refractivity contribution in [3.05, 3.63) is 28.2 Å². The van der Waals surface area contributed by atoms with Crippen molar-refractivity contribution in [2.45, 2.75) is 25.3 Å². The van der Waals surface area contributed by atoms with Gasteiger partial charge in [0.25, 0.3) is 0 Å². The summed E-state index contributed by atoms with van der Waals surface area (Å²) in [5.41, 5.74) is 6.41. The predicted molar refractivity (Wildman–Crippen MR) is 70.4 cm³/mol. The molecule has 2 unspecified atom stereocenters. The molecule has 17 heavy (non-hydrogen) atoms. The van der Waals surface area contributed by atoms with Gasteiger partial charge in [-0.1, -0.05) is 23.2 Å². The van der Waals surface area contributed by atoms with E-state index < -0.39 is 0 Å². The molecule has 0 spiro atoms. The van der Waals surface area contributed by atoms with Crippen LogP contribution in [0.25, 0.3) is 0 Å². The smallest absolute Gasteiger partial charge is 0.227 e. The Morgan fingerprint density at radius 3 is 2.41 bits per heavy atom. The van der Waals surface area contributed by atoms with E-state index in [0.717, 1.165) is 19.3 Å².